The molecule has 1 saturated carbocycles. The van der Waals surface area contributed by atoms with Crippen molar-refractivity contribution in [3.05, 3.63) is 0 Å². The van der Waals surface area contributed by atoms with Gasteiger partial charge in [0.25, 0.3) is 0 Å². The second kappa shape index (κ2) is 7.76. The predicted octanol–water partition coefficient (Wildman–Crippen LogP) is 3.34. The van der Waals surface area contributed by atoms with Gasteiger partial charge in [-0.05, 0) is 12.8 Å². The summed E-state index contributed by atoms with van der Waals surface area (Å²) in [5.74, 6) is 0.714. The highest BCUT2D eigenvalue weighted by Gasteiger charge is 2.29. The van der Waals surface area contributed by atoms with E-state index >= 15 is 0 Å². The number of hydrogen-bond donors (Lipinski definition) is 1. The van der Waals surface area contributed by atoms with E-state index in [1.54, 1.807) is 11.8 Å². The number of halogens is 3. The Bertz CT molecular complexity index is 255. The first-order valence-electron chi connectivity index (χ1n) is 6.06. The first kappa shape index (κ1) is 15.5. The molecule has 0 unspecified atom stereocenters. The Morgan fingerprint density at radius 1 is 1.28 bits per heavy atom. The average Bonchev–Trinajstić information content (AvgIpc) is 2.33. The first-order valence-corrected chi connectivity index (χ1v) is 7.11. The Kier molecular flexibility index (Phi) is 6.67. The lowest BCUT2D eigenvalue weighted by Gasteiger charge is -2.20. The second-order valence-electron chi connectivity index (χ2n) is 4.25. The van der Waals surface area contributed by atoms with E-state index < -0.39 is 18.9 Å². The molecule has 0 heterocycles. The van der Waals surface area contributed by atoms with E-state index in [2.05, 4.69) is 10.1 Å². The third-order valence-corrected chi connectivity index (χ3v) is 4.03. The average molecular weight is 285 g/mol. The molecule has 0 radical (unpaired) electrons. The molecular formula is C11H18F3NO2S. The van der Waals surface area contributed by atoms with Crippen LogP contribution in [0.1, 0.15) is 32.1 Å². The molecule has 0 aliphatic heterocycles. The van der Waals surface area contributed by atoms with E-state index in [1.807, 2.05) is 0 Å². The van der Waals surface area contributed by atoms with Gasteiger partial charge < -0.3 is 10.1 Å². The van der Waals surface area contributed by atoms with E-state index in [-0.39, 0.29) is 0 Å². The normalized spacial score (nSPS) is 17.5. The summed E-state index contributed by atoms with van der Waals surface area (Å²) < 4.78 is 39.2. The van der Waals surface area contributed by atoms with Crippen molar-refractivity contribution in [1.82, 2.24) is 5.32 Å². The molecule has 106 valence electrons. The molecule has 3 nitrogen and oxygen atoms in total. The van der Waals surface area contributed by atoms with Crippen molar-refractivity contribution in [1.29, 1.82) is 0 Å². The van der Waals surface area contributed by atoms with Crippen molar-refractivity contribution in [3.63, 3.8) is 0 Å². The molecule has 0 spiro atoms. The van der Waals surface area contributed by atoms with Crippen molar-refractivity contribution < 1.29 is 22.7 Å². The van der Waals surface area contributed by atoms with Crippen LogP contribution in [0.5, 0.6) is 0 Å². The largest absolute Gasteiger partial charge is 0.440 e. The summed E-state index contributed by atoms with van der Waals surface area (Å²) >= 11 is 1.77. The number of amides is 1. The number of alkyl halides is 3. The summed E-state index contributed by atoms with van der Waals surface area (Å²) in [7, 11) is 0. The molecule has 0 saturated heterocycles. The SMILES string of the molecule is O=C(NCCSC1CCCCC1)OCC(F)(F)F. The molecule has 18 heavy (non-hydrogen) atoms. The van der Waals surface area contributed by atoms with E-state index in [4.69, 9.17) is 0 Å². The van der Waals surface area contributed by atoms with Crippen molar-refractivity contribution in [3.8, 4) is 0 Å². The maximum atomic E-state index is 11.7. The molecule has 1 amide bonds. The fourth-order valence-corrected chi connectivity index (χ4v) is 3.03. The van der Waals surface area contributed by atoms with Crippen molar-refractivity contribution in [2.45, 2.75) is 43.5 Å². The molecule has 0 atom stereocenters. The van der Waals surface area contributed by atoms with E-state index in [9.17, 15) is 18.0 Å². The summed E-state index contributed by atoms with van der Waals surface area (Å²) in [6.07, 6.45) is 0.716. The second-order valence-corrected chi connectivity index (χ2v) is 5.66. The number of carbonyl (C=O) groups excluding carboxylic acids is 1. The van der Waals surface area contributed by atoms with Crippen LogP contribution in [0.3, 0.4) is 0 Å². The topological polar surface area (TPSA) is 38.3 Å². The highest BCUT2D eigenvalue weighted by atomic mass is 32.2. The Hall–Kier alpha value is -0.590. The van der Waals surface area contributed by atoms with Gasteiger partial charge in [0.05, 0.1) is 0 Å². The highest BCUT2D eigenvalue weighted by molar-refractivity contribution is 7.99. The Balaban J connectivity index is 1.98. The standard InChI is InChI=1S/C11H18F3NO2S/c12-11(13,14)8-17-10(16)15-6-7-18-9-4-2-1-3-5-9/h9H,1-8H2,(H,15,16). The minimum Gasteiger partial charge on any atom is -0.440 e. The van der Waals surface area contributed by atoms with Crippen LogP contribution >= 0.6 is 11.8 Å². The molecule has 0 bridgehead atoms. The van der Waals surface area contributed by atoms with Crippen LogP contribution in [-0.4, -0.2) is 36.4 Å². The quantitative estimate of drug-likeness (QED) is 0.787. The lowest BCUT2D eigenvalue weighted by molar-refractivity contribution is -0.160. The zero-order valence-corrected chi connectivity index (χ0v) is 10.9. The minimum absolute atomic E-state index is 0.345. The Morgan fingerprint density at radius 2 is 1.94 bits per heavy atom. The summed E-state index contributed by atoms with van der Waals surface area (Å²) in [6, 6.07) is 0. The molecular weight excluding hydrogens is 267 g/mol. The molecule has 0 aromatic rings. The summed E-state index contributed by atoms with van der Waals surface area (Å²) in [6.45, 7) is -1.19. The monoisotopic (exact) mass is 285 g/mol. The maximum absolute atomic E-state index is 11.7. The van der Waals surface area contributed by atoms with Gasteiger partial charge in [-0.1, -0.05) is 19.3 Å². The number of thioether (sulfide) groups is 1. The maximum Gasteiger partial charge on any atom is 0.422 e. The van der Waals surface area contributed by atoms with Crippen molar-refractivity contribution in [2.75, 3.05) is 18.9 Å². The van der Waals surface area contributed by atoms with Gasteiger partial charge in [-0.3, -0.25) is 0 Å². The van der Waals surface area contributed by atoms with Gasteiger partial charge in [0.1, 0.15) is 0 Å². The zero-order valence-electron chi connectivity index (χ0n) is 10.1. The van der Waals surface area contributed by atoms with Crippen LogP contribution in [-0.2, 0) is 4.74 Å². The van der Waals surface area contributed by atoms with Gasteiger partial charge in [0.15, 0.2) is 6.61 Å². The van der Waals surface area contributed by atoms with Crippen LogP contribution < -0.4 is 5.32 Å². The van der Waals surface area contributed by atoms with Crippen LogP contribution in [0, 0.1) is 0 Å². The number of hydrogen-bond acceptors (Lipinski definition) is 3. The molecule has 1 fully saturated rings. The molecule has 0 aromatic heterocycles. The van der Waals surface area contributed by atoms with E-state index in [0.717, 1.165) is 0 Å². The Morgan fingerprint density at radius 3 is 2.56 bits per heavy atom. The predicted molar refractivity (Wildman–Crippen MR) is 64.7 cm³/mol. The number of ether oxygens (including phenoxy) is 1. The molecule has 1 aliphatic rings. The first-order chi connectivity index (χ1) is 8.47. The summed E-state index contributed by atoms with van der Waals surface area (Å²) in [4.78, 5) is 10.9. The molecule has 1 rings (SSSR count). The number of alkyl carbamates (subject to hydrolysis) is 1. The fourth-order valence-electron chi connectivity index (χ4n) is 1.81. The van der Waals surface area contributed by atoms with Crippen LogP contribution in [0.15, 0.2) is 0 Å². The van der Waals surface area contributed by atoms with Crippen molar-refractivity contribution >= 4 is 17.9 Å². The molecule has 7 heteroatoms. The number of rotatable bonds is 5. The van der Waals surface area contributed by atoms with Gasteiger partial charge in [-0.15, -0.1) is 0 Å². The van der Waals surface area contributed by atoms with Crippen LogP contribution in [0.4, 0.5) is 18.0 Å². The van der Waals surface area contributed by atoms with Crippen molar-refractivity contribution in [2.24, 2.45) is 0 Å². The summed E-state index contributed by atoms with van der Waals surface area (Å²) in [5.41, 5.74) is 0. The third kappa shape index (κ3) is 7.68. The Labute approximate surface area is 109 Å². The minimum atomic E-state index is -4.46. The molecule has 0 aromatic carbocycles. The molecule has 1 N–H and O–H groups in total. The van der Waals surface area contributed by atoms with Crippen LogP contribution in [0.2, 0.25) is 0 Å². The van der Waals surface area contributed by atoms with Gasteiger partial charge >= 0.3 is 12.3 Å². The lowest BCUT2D eigenvalue weighted by Crippen LogP contribution is -2.30. The smallest absolute Gasteiger partial charge is 0.422 e. The van der Waals surface area contributed by atoms with E-state index in [1.165, 1.54) is 32.1 Å². The molecule has 1 aliphatic carbocycles. The van der Waals surface area contributed by atoms with Gasteiger partial charge in [-0.25, -0.2) is 4.79 Å². The summed E-state index contributed by atoms with van der Waals surface area (Å²) in [5, 5.41) is 2.94. The fraction of sp³-hybridized carbons (Fsp3) is 0.909. The third-order valence-electron chi connectivity index (χ3n) is 2.64. The van der Waals surface area contributed by atoms with Gasteiger partial charge in [0.2, 0.25) is 0 Å². The lowest BCUT2D eigenvalue weighted by atomic mass is 10.0. The van der Waals surface area contributed by atoms with Gasteiger partial charge in [0, 0.05) is 17.5 Å². The van der Waals surface area contributed by atoms with E-state index in [0.29, 0.717) is 17.5 Å². The highest BCUT2D eigenvalue weighted by Crippen LogP contribution is 2.27. The van der Waals surface area contributed by atoms with Crippen LogP contribution in [0.25, 0.3) is 0 Å². The zero-order chi connectivity index (χ0) is 13.4. The van der Waals surface area contributed by atoms with Gasteiger partial charge in [-0.2, -0.15) is 24.9 Å². The number of nitrogens with one attached hydrogen (secondary N) is 1. The number of carbonyl (C=O) groups is 1.